The summed E-state index contributed by atoms with van der Waals surface area (Å²) < 4.78 is 1.10. The van der Waals surface area contributed by atoms with Crippen LogP contribution in [0.5, 0.6) is 0 Å². The second-order valence-corrected chi connectivity index (χ2v) is 5.33. The van der Waals surface area contributed by atoms with Gasteiger partial charge in [0.1, 0.15) is 0 Å². The smallest absolute Gasteiger partial charge is 0.0741 e. The lowest BCUT2D eigenvalue weighted by atomic mass is 9.92. The maximum Gasteiger partial charge on any atom is 0.0741 e. The number of aryl methyl sites for hydroxylation is 1. The average Bonchev–Trinajstić information content (AvgIpc) is 2.28. The van der Waals surface area contributed by atoms with Crippen LogP contribution in [0.3, 0.4) is 0 Å². The minimum absolute atomic E-state index is 0.201. The zero-order valence-electron chi connectivity index (χ0n) is 9.54. The topological polar surface area (TPSA) is 32.3 Å². The van der Waals surface area contributed by atoms with Gasteiger partial charge in [-0.2, -0.15) is 0 Å². The number of rotatable bonds is 2. The van der Waals surface area contributed by atoms with Crippen molar-refractivity contribution in [3.05, 3.63) is 28.2 Å². The van der Waals surface area contributed by atoms with Crippen LogP contribution in [-0.4, -0.2) is 17.3 Å². The van der Waals surface area contributed by atoms with Crippen molar-refractivity contribution in [3.8, 4) is 0 Å². The number of hydrogen-bond donors (Lipinski definition) is 2. The van der Waals surface area contributed by atoms with E-state index in [1.165, 1.54) is 12.0 Å². The van der Waals surface area contributed by atoms with Crippen LogP contribution in [0.4, 0.5) is 5.69 Å². The van der Waals surface area contributed by atoms with Gasteiger partial charge in [0.25, 0.3) is 0 Å². The molecule has 0 aromatic heterocycles. The lowest BCUT2D eigenvalue weighted by Crippen LogP contribution is -2.36. The molecule has 16 heavy (non-hydrogen) atoms. The molecule has 0 spiro atoms. The second kappa shape index (κ2) is 5.19. The van der Waals surface area contributed by atoms with Crippen molar-refractivity contribution in [2.24, 2.45) is 0 Å². The van der Waals surface area contributed by atoms with E-state index >= 15 is 0 Å². The van der Waals surface area contributed by atoms with Crippen LogP contribution in [0.2, 0.25) is 0 Å². The molecule has 2 rings (SSSR count). The van der Waals surface area contributed by atoms with Crippen molar-refractivity contribution >= 4 is 21.6 Å². The maximum absolute atomic E-state index is 9.91. The Morgan fingerprint density at radius 1 is 1.31 bits per heavy atom. The van der Waals surface area contributed by atoms with Crippen LogP contribution in [0, 0.1) is 6.92 Å². The zero-order valence-corrected chi connectivity index (χ0v) is 11.1. The molecule has 0 aliphatic heterocycles. The van der Waals surface area contributed by atoms with E-state index in [0.717, 1.165) is 29.4 Å². The highest BCUT2D eigenvalue weighted by Crippen LogP contribution is 2.29. The molecule has 1 aliphatic carbocycles. The standard InChI is InChI=1S/C13H18BrNO/c1-9-5-4-7-11(13(9)14)15-10-6-2-3-8-12(10)16/h4-5,7,10,12,15-16H,2-3,6,8H2,1H3/t10-,12-/m1/s1. The van der Waals surface area contributed by atoms with Crippen molar-refractivity contribution in [2.75, 3.05) is 5.32 Å². The van der Waals surface area contributed by atoms with Gasteiger partial charge in [-0.05, 0) is 47.3 Å². The highest BCUT2D eigenvalue weighted by atomic mass is 79.9. The normalized spacial score (nSPS) is 25.4. The van der Waals surface area contributed by atoms with Gasteiger partial charge in [-0.3, -0.25) is 0 Å². The third-order valence-electron chi connectivity index (χ3n) is 3.26. The lowest BCUT2D eigenvalue weighted by Gasteiger charge is -2.29. The first-order valence-corrected chi connectivity index (χ1v) is 6.67. The van der Waals surface area contributed by atoms with Crippen molar-refractivity contribution in [2.45, 2.75) is 44.8 Å². The van der Waals surface area contributed by atoms with Crippen LogP contribution < -0.4 is 5.32 Å². The van der Waals surface area contributed by atoms with Gasteiger partial charge >= 0.3 is 0 Å². The van der Waals surface area contributed by atoms with E-state index in [4.69, 9.17) is 0 Å². The predicted molar refractivity (Wildman–Crippen MR) is 70.8 cm³/mol. The average molecular weight is 284 g/mol. The van der Waals surface area contributed by atoms with Crippen molar-refractivity contribution < 1.29 is 5.11 Å². The van der Waals surface area contributed by atoms with Gasteiger partial charge in [-0.25, -0.2) is 0 Å². The summed E-state index contributed by atoms with van der Waals surface area (Å²) in [6.07, 6.45) is 4.12. The monoisotopic (exact) mass is 283 g/mol. The molecule has 0 amide bonds. The molecule has 1 fully saturated rings. The number of nitrogens with one attached hydrogen (secondary N) is 1. The van der Waals surface area contributed by atoms with Gasteiger partial charge < -0.3 is 10.4 Å². The molecule has 1 saturated carbocycles. The Labute approximate surface area is 105 Å². The lowest BCUT2D eigenvalue weighted by molar-refractivity contribution is 0.116. The minimum atomic E-state index is -0.207. The SMILES string of the molecule is Cc1cccc(N[C@@H]2CCCC[C@H]2O)c1Br. The fourth-order valence-electron chi connectivity index (χ4n) is 2.24. The van der Waals surface area contributed by atoms with Gasteiger partial charge in [0.15, 0.2) is 0 Å². The Hall–Kier alpha value is -0.540. The Morgan fingerprint density at radius 2 is 2.06 bits per heavy atom. The fourth-order valence-corrected chi connectivity index (χ4v) is 2.62. The summed E-state index contributed by atoms with van der Waals surface area (Å²) in [6, 6.07) is 6.37. The molecule has 0 radical (unpaired) electrons. The fraction of sp³-hybridized carbons (Fsp3) is 0.538. The van der Waals surface area contributed by atoms with Gasteiger partial charge in [0, 0.05) is 10.2 Å². The molecule has 0 unspecified atom stereocenters. The molecule has 2 N–H and O–H groups in total. The summed E-state index contributed by atoms with van der Waals surface area (Å²) in [5, 5.41) is 13.4. The van der Waals surface area contributed by atoms with Crippen LogP contribution in [0.1, 0.15) is 31.2 Å². The maximum atomic E-state index is 9.91. The summed E-state index contributed by atoms with van der Waals surface area (Å²) in [5.41, 5.74) is 2.31. The summed E-state index contributed by atoms with van der Waals surface area (Å²) in [5.74, 6) is 0. The molecule has 0 bridgehead atoms. The second-order valence-electron chi connectivity index (χ2n) is 4.54. The van der Waals surface area contributed by atoms with E-state index in [1.54, 1.807) is 0 Å². The zero-order chi connectivity index (χ0) is 11.5. The first-order chi connectivity index (χ1) is 7.68. The molecular formula is C13H18BrNO. The van der Waals surface area contributed by atoms with E-state index in [0.29, 0.717) is 0 Å². The molecule has 2 nitrogen and oxygen atoms in total. The molecule has 1 aromatic carbocycles. The third kappa shape index (κ3) is 2.58. The number of aliphatic hydroxyl groups excluding tert-OH is 1. The number of benzene rings is 1. The molecule has 3 heteroatoms. The van der Waals surface area contributed by atoms with Crippen molar-refractivity contribution in [3.63, 3.8) is 0 Å². The molecule has 2 atom stereocenters. The van der Waals surface area contributed by atoms with E-state index < -0.39 is 0 Å². The Balaban J connectivity index is 2.10. The van der Waals surface area contributed by atoms with Crippen molar-refractivity contribution in [1.29, 1.82) is 0 Å². The quantitative estimate of drug-likeness (QED) is 0.871. The number of halogens is 1. The van der Waals surface area contributed by atoms with Crippen LogP contribution in [-0.2, 0) is 0 Å². The number of aliphatic hydroxyl groups is 1. The van der Waals surface area contributed by atoms with E-state index in [1.807, 2.05) is 6.07 Å². The largest absolute Gasteiger partial charge is 0.391 e. The Bertz CT molecular complexity index is 367. The van der Waals surface area contributed by atoms with Gasteiger partial charge in [0.05, 0.1) is 12.1 Å². The molecule has 1 aliphatic rings. The molecule has 88 valence electrons. The van der Waals surface area contributed by atoms with Gasteiger partial charge in [-0.15, -0.1) is 0 Å². The summed E-state index contributed by atoms with van der Waals surface area (Å²) in [6.45, 7) is 2.08. The van der Waals surface area contributed by atoms with Crippen LogP contribution >= 0.6 is 15.9 Å². The minimum Gasteiger partial charge on any atom is -0.391 e. The number of anilines is 1. The highest BCUT2D eigenvalue weighted by Gasteiger charge is 2.23. The summed E-state index contributed by atoms with van der Waals surface area (Å²) >= 11 is 3.58. The third-order valence-corrected chi connectivity index (χ3v) is 4.31. The Kier molecular flexibility index (Phi) is 3.87. The van der Waals surface area contributed by atoms with E-state index in [-0.39, 0.29) is 12.1 Å². The summed E-state index contributed by atoms with van der Waals surface area (Å²) in [7, 11) is 0. The molecule has 0 heterocycles. The number of hydrogen-bond acceptors (Lipinski definition) is 2. The van der Waals surface area contributed by atoms with Crippen LogP contribution in [0.15, 0.2) is 22.7 Å². The first kappa shape index (κ1) is 11.9. The predicted octanol–water partition coefficient (Wildman–Crippen LogP) is 3.47. The Morgan fingerprint density at radius 3 is 2.81 bits per heavy atom. The van der Waals surface area contributed by atoms with E-state index in [2.05, 4.69) is 40.3 Å². The van der Waals surface area contributed by atoms with Gasteiger partial charge in [0.2, 0.25) is 0 Å². The first-order valence-electron chi connectivity index (χ1n) is 5.88. The molecule has 1 aromatic rings. The van der Waals surface area contributed by atoms with Crippen LogP contribution in [0.25, 0.3) is 0 Å². The van der Waals surface area contributed by atoms with E-state index in [9.17, 15) is 5.11 Å². The molecule has 0 saturated heterocycles. The highest BCUT2D eigenvalue weighted by molar-refractivity contribution is 9.10. The van der Waals surface area contributed by atoms with Crippen molar-refractivity contribution in [1.82, 2.24) is 0 Å². The molecular weight excluding hydrogens is 266 g/mol. The summed E-state index contributed by atoms with van der Waals surface area (Å²) in [4.78, 5) is 0. The van der Waals surface area contributed by atoms with Gasteiger partial charge in [-0.1, -0.05) is 25.0 Å².